The molecule has 4 rings (SSSR count). The van der Waals surface area contributed by atoms with Crippen LogP contribution >= 0.6 is 0 Å². The third kappa shape index (κ3) is 3.51. The second-order valence-corrected chi connectivity index (χ2v) is 9.15. The first-order chi connectivity index (χ1) is 14.4. The molecule has 2 heterocycles. The molecule has 1 N–H and O–H groups in total. The Hall–Kier alpha value is -2.69. The lowest BCUT2D eigenvalue weighted by Crippen LogP contribution is -2.62. The van der Waals surface area contributed by atoms with Crippen LogP contribution < -0.4 is 5.32 Å². The highest BCUT2D eigenvalue weighted by Crippen LogP contribution is 2.49. The summed E-state index contributed by atoms with van der Waals surface area (Å²) in [5.74, 6) is 0.538. The zero-order chi connectivity index (χ0) is 21.3. The maximum Gasteiger partial charge on any atom is 0.254 e. The van der Waals surface area contributed by atoms with E-state index in [1.807, 2.05) is 48.2 Å². The molecular weight excluding hydrogens is 374 g/mol. The number of carbonyl (C=O) groups excluding carboxylic acids is 2. The Morgan fingerprint density at radius 1 is 1.17 bits per heavy atom. The quantitative estimate of drug-likeness (QED) is 0.785. The second-order valence-electron chi connectivity index (χ2n) is 9.15. The van der Waals surface area contributed by atoms with Crippen molar-refractivity contribution in [3.05, 3.63) is 59.3 Å². The number of benzene rings is 1. The van der Waals surface area contributed by atoms with E-state index in [9.17, 15) is 9.59 Å². The predicted octanol–water partition coefficient (Wildman–Crippen LogP) is 4.93. The van der Waals surface area contributed by atoms with Gasteiger partial charge in [-0.2, -0.15) is 0 Å². The number of carbonyl (C=O) groups is 2. The highest BCUT2D eigenvalue weighted by molar-refractivity contribution is 6.05. The van der Waals surface area contributed by atoms with Crippen molar-refractivity contribution in [3.8, 4) is 0 Å². The number of aryl methyl sites for hydroxylation is 1. The summed E-state index contributed by atoms with van der Waals surface area (Å²) >= 11 is 0. The van der Waals surface area contributed by atoms with Gasteiger partial charge in [0.2, 0.25) is 5.91 Å². The molecule has 0 saturated heterocycles. The largest absolute Gasteiger partial charge is 0.332 e. The summed E-state index contributed by atoms with van der Waals surface area (Å²) in [6.07, 6.45) is 6.65. The van der Waals surface area contributed by atoms with E-state index in [0.717, 1.165) is 43.2 Å². The van der Waals surface area contributed by atoms with Gasteiger partial charge in [-0.05, 0) is 48.9 Å². The van der Waals surface area contributed by atoms with Crippen LogP contribution in [0.25, 0.3) is 0 Å². The summed E-state index contributed by atoms with van der Waals surface area (Å²) in [6.45, 7) is 6.88. The minimum Gasteiger partial charge on any atom is -0.332 e. The van der Waals surface area contributed by atoms with Crippen molar-refractivity contribution in [2.75, 3.05) is 11.9 Å². The van der Waals surface area contributed by atoms with Gasteiger partial charge in [0.15, 0.2) is 0 Å². The van der Waals surface area contributed by atoms with Gasteiger partial charge in [0.1, 0.15) is 5.82 Å². The van der Waals surface area contributed by atoms with Gasteiger partial charge in [-0.1, -0.05) is 57.4 Å². The van der Waals surface area contributed by atoms with Crippen molar-refractivity contribution < 1.29 is 9.59 Å². The summed E-state index contributed by atoms with van der Waals surface area (Å²) in [5.41, 5.74) is 1.98. The highest BCUT2D eigenvalue weighted by atomic mass is 16.2. The van der Waals surface area contributed by atoms with Crippen LogP contribution in [0, 0.1) is 12.8 Å². The standard InChI is InChI=1S/C25H31N3O2/c1-17(2)16-28-24(30)20-12-6-5-11-19(20)21(25(28)13-7-4-8-14-25)23(29)27-22-18(3)10-9-15-26-22/h5-6,9-12,15,17,21H,4,7-8,13-14,16H2,1-3H3,(H,26,27,29)/t21-/m0/s1. The minimum absolute atomic E-state index is 0.0626. The van der Waals surface area contributed by atoms with Crippen molar-refractivity contribution in [2.45, 2.75) is 64.3 Å². The number of rotatable bonds is 4. The van der Waals surface area contributed by atoms with Crippen LogP contribution in [0.2, 0.25) is 0 Å². The third-order valence-electron chi connectivity index (χ3n) is 6.60. The molecule has 1 fully saturated rings. The van der Waals surface area contributed by atoms with Crippen LogP contribution in [0.15, 0.2) is 42.6 Å². The summed E-state index contributed by atoms with van der Waals surface area (Å²) in [5, 5.41) is 3.09. The molecule has 2 aromatic rings. The molecule has 1 aliphatic carbocycles. The van der Waals surface area contributed by atoms with E-state index in [1.165, 1.54) is 0 Å². The first kappa shape index (κ1) is 20.6. The number of hydrogen-bond acceptors (Lipinski definition) is 3. The lowest BCUT2D eigenvalue weighted by molar-refractivity contribution is -0.122. The minimum atomic E-state index is -0.472. The normalized spacial score (nSPS) is 20.3. The molecule has 1 aromatic carbocycles. The molecular formula is C25H31N3O2. The average Bonchev–Trinajstić information content (AvgIpc) is 2.73. The molecule has 0 radical (unpaired) electrons. The van der Waals surface area contributed by atoms with E-state index in [2.05, 4.69) is 24.1 Å². The Bertz CT molecular complexity index is 947. The Balaban J connectivity index is 1.83. The Morgan fingerprint density at radius 2 is 1.90 bits per heavy atom. The third-order valence-corrected chi connectivity index (χ3v) is 6.60. The summed E-state index contributed by atoms with van der Waals surface area (Å²) < 4.78 is 0. The molecule has 0 unspecified atom stereocenters. The topological polar surface area (TPSA) is 62.3 Å². The molecule has 1 atom stereocenters. The van der Waals surface area contributed by atoms with E-state index < -0.39 is 11.5 Å². The molecule has 158 valence electrons. The highest BCUT2D eigenvalue weighted by Gasteiger charge is 2.54. The number of hydrogen-bond donors (Lipinski definition) is 1. The molecule has 1 aromatic heterocycles. The SMILES string of the molecule is Cc1cccnc1NC(=O)[C@@H]1c2ccccc2C(=O)N(CC(C)C)C12CCCCC2. The van der Waals surface area contributed by atoms with Crippen LogP contribution in [-0.2, 0) is 4.79 Å². The summed E-state index contributed by atoms with van der Waals surface area (Å²) in [6, 6.07) is 11.5. The van der Waals surface area contributed by atoms with Gasteiger partial charge < -0.3 is 10.2 Å². The Labute approximate surface area is 178 Å². The lowest BCUT2D eigenvalue weighted by atomic mass is 9.65. The van der Waals surface area contributed by atoms with Crippen LogP contribution in [0.3, 0.4) is 0 Å². The van der Waals surface area contributed by atoms with Crippen molar-refractivity contribution in [2.24, 2.45) is 5.92 Å². The molecule has 5 heteroatoms. The zero-order valence-corrected chi connectivity index (χ0v) is 18.1. The maximum absolute atomic E-state index is 13.8. The smallest absolute Gasteiger partial charge is 0.254 e. The van der Waals surface area contributed by atoms with Gasteiger partial charge >= 0.3 is 0 Å². The first-order valence-corrected chi connectivity index (χ1v) is 11.1. The molecule has 5 nitrogen and oxygen atoms in total. The number of fused-ring (bicyclic) bond motifs is 1. The molecule has 0 bridgehead atoms. The van der Waals surface area contributed by atoms with E-state index in [4.69, 9.17) is 0 Å². The molecule has 1 saturated carbocycles. The number of amides is 2. The fourth-order valence-electron chi connectivity index (χ4n) is 5.28. The number of pyridine rings is 1. The molecule has 30 heavy (non-hydrogen) atoms. The van der Waals surface area contributed by atoms with Crippen LogP contribution in [0.4, 0.5) is 5.82 Å². The number of aromatic nitrogens is 1. The number of nitrogens with one attached hydrogen (secondary N) is 1. The van der Waals surface area contributed by atoms with Crippen molar-refractivity contribution >= 4 is 17.6 Å². The van der Waals surface area contributed by atoms with Crippen molar-refractivity contribution in [3.63, 3.8) is 0 Å². The van der Waals surface area contributed by atoms with Gasteiger partial charge in [0, 0.05) is 18.3 Å². The van der Waals surface area contributed by atoms with Crippen LogP contribution in [0.1, 0.15) is 73.4 Å². The fraction of sp³-hybridized carbons (Fsp3) is 0.480. The van der Waals surface area contributed by atoms with Crippen LogP contribution in [-0.4, -0.2) is 33.8 Å². The van der Waals surface area contributed by atoms with Crippen molar-refractivity contribution in [1.29, 1.82) is 0 Å². The average molecular weight is 406 g/mol. The molecule has 2 amide bonds. The number of anilines is 1. The van der Waals surface area contributed by atoms with Crippen molar-refractivity contribution in [1.82, 2.24) is 9.88 Å². The summed E-state index contributed by atoms with van der Waals surface area (Å²) in [4.78, 5) is 33.8. The van der Waals surface area contributed by atoms with Gasteiger partial charge in [0.05, 0.1) is 11.5 Å². The van der Waals surface area contributed by atoms with Gasteiger partial charge in [0.25, 0.3) is 5.91 Å². The number of nitrogens with zero attached hydrogens (tertiary/aromatic N) is 2. The van der Waals surface area contributed by atoms with Gasteiger partial charge in [-0.15, -0.1) is 0 Å². The van der Waals surface area contributed by atoms with E-state index >= 15 is 0 Å². The second kappa shape index (κ2) is 8.21. The first-order valence-electron chi connectivity index (χ1n) is 11.1. The predicted molar refractivity (Wildman–Crippen MR) is 118 cm³/mol. The Kier molecular flexibility index (Phi) is 5.63. The maximum atomic E-state index is 13.8. The molecule has 2 aliphatic rings. The molecule has 1 aliphatic heterocycles. The Morgan fingerprint density at radius 3 is 2.60 bits per heavy atom. The monoisotopic (exact) mass is 405 g/mol. The van der Waals surface area contributed by atoms with Gasteiger partial charge in [-0.3, -0.25) is 9.59 Å². The summed E-state index contributed by atoms with van der Waals surface area (Å²) in [7, 11) is 0. The van der Waals surface area contributed by atoms with E-state index in [0.29, 0.717) is 23.8 Å². The van der Waals surface area contributed by atoms with E-state index in [1.54, 1.807) is 6.20 Å². The van der Waals surface area contributed by atoms with E-state index in [-0.39, 0.29) is 11.8 Å². The molecule has 1 spiro atoms. The fourth-order valence-corrected chi connectivity index (χ4v) is 5.28. The van der Waals surface area contributed by atoms with Crippen LogP contribution in [0.5, 0.6) is 0 Å². The zero-order valence-electron chi connectivity index (χ0n) is 18.1. The lowest BCUT2D eigenvalue weighted by Gasteiger charge is -2.54. The van der Waals surface area contributed by atoms with Gasteiger partial charge in [-0.25, -0.2) is 4.98 Å².